The first kappa shape index (κ1) is 99.1. The van der Waals surface area contributed by atoms with Gasteiger partial charge in [0.15, 0.2) is 12.2 Å². The van der Waals surface area contributed by atoms with Gasteiger partial charge in [0.2, 0.25) is 0 Å². The number of aliphatic hydroxyl groups is 1. The van der Waals surface area contributed by atoms with Gasteiger partial charge in [-0.25, -0.2) is 9.13 Å². The molecule has 0 aliphatic heterocycles. The Morgan fingerprint density at radius 3 is 0.703 bits per heavy atom. The molecule has 0 amide bonds. The Bertz CT molecular complexity index is 1950. The zero-order valence-corrected chi connectivity index (χ0v) is 68.0. The predicted molar refractivity (Wildman–Crippen MR) is 414 cm³/mol. The van der Waals surface area contributed by atoms with E-state index in [1.165, 1.54) is 250 Å². The molecule has 0 aliphatic carbocycles. The lowest BCUT2D eigenvalue weighted by atomic mass is 9.99. The zero-order valence-electron chi connectivity index (χ0n) is 66.2. The van der Waals surface area contributed by atoms with Crippen molar-refractivity contribution in [2.45, 2.75) is 452 Å². The number of aliphatic hydroxyl groups excluding tert-OH is 1. The van der Waals surface area contributed by atoms with Gasteiger partial charge in [0.05, 0.1) is 26.4 Å². The van der Waals surface area contributed by atoms with E-state index in [1.54, 1.807) is 0 Å². The van der Waals surface area contributed by atoms with Crippen LogP contribution in [-0.4, -0.2) is 96.7 Å². The molecule has 600 valence electrons. The Kier molecular flexibility index (Phi) is 72.2. The minimum Gasteiger partial charge on any atom is -0.462 e. The summed E-state index contributed by atoms with van der Waals surface area (Å²) in [5.74, 6) is -0.562. The minimum absolute atomic E-state index is 0.105. The average Bonchev–Trinajstić information content (AvgIpc) is 0.959. The highest BCUT2D eigenvalue weighted by molar-refractivity contribution is 7.47. The molecule has 0 saturated carbocycles. The number of hydrogen-bond acceptors (Lipinski definition) is 15. The molecular weight excluding hydrogens is 1320 g/mol. The van der Waals surface area contributed by atoms with Crippen LogP contribution in [0.1, 0.15) is 433 Å². The van der Waals surface area contributed by atoms with Crippen LogP contribution in [0.2, 0.25) is 0 Å². The summed E-state index contributed by atoms with van der Waals surface area (Å²) in [6, 6.07) is 0. The van der Waals surface area contributed by atoms with Gasteiger partial charge >= 0.3 is 39.5 Å². The normalized spacial score (nSPS) is 14.4. The summed E-state index contributed by atoms with van der Waals surface area (Å²) < 4.78 is 68.8. The number of hydrogen-bond donors (Lipinski definition) is 3. The number of ether oxygens (including phenoxy) is 4. The fourth-order valence-corrected chi connectivity index (χ4v) is 14.2. The molecule has 4 unspecified atom stereocenters. The molecular formula is C82H160O17P2. The van der Waals surface area contributed by atoms with Gasteiger partial charge in [-0.1, -0.05) is 382 Å². The Balaban J connectivity index is 5.24. The van der Waals surface area contributed by atoms with Crippen LogP contribution >= 0.6 is 15.6 Å². The van der Waals surface area contributed by atoms with Crippen LogP contribution in [0.4, 0.5) is 0 Å². The van der Waals surface area contributed by atoms with E-state index in [0.29, 0.717) is 25.7 Å². The van der Waals surface area contributed by atoms with E-state index in [0.717, 1.165) is 102 Å². The fourth-order valence-electron chi connectivity index (χ4n) is 12.6. The standard InChI is InChI=1S/C82H160O17P2/c1-7-11-13-15-17-19-21-23-25-27-28-29-31-33-35-37-39-48-54-60-66-81(86)98-77(70-92-79(84)64-58-52-46-38-36-34-32-30-26-24-22-20-18-16-14-12-8-2)72-96-100(88,89)94-68-76(83)69-95-101(90,91)97-73-78(99-82(87)67-61-55-49-43-41-45-51-57-63-75(6)10-4)71-93-80(85)65-59-53-47-42-40-44-50-56-62-74(5)9-3/h74-78,83H,7-73H2,1-6H3,(H,88,89)(H,90,91)/t74?,75?,76-,77-,78-/m1/s1. The first-order valence-electron chi connectivity index (χ1n) is 42.6. The Labute approximate surface area is 619 Å². The lowest BCUT2D eigenvalue weighted by Gasteiger charge is -2.21. The quantitative estimate of drug-likeness (QED) is 0.0222. The minimum atomic E-state index is -4.96. The van der Waals surface area contributed by atoms with E-state index >= 15 is 0 Å². The van der Waals surface area contributed by atoms with E-state index in [-0.39, 0.29) is 25.7 Å². The first-order chi connectivity index (χ1) is 48.9. The van der Waals surface area contributed by atoms with Gasteiger partial charge in [-0.3, -0.25) is 37.3 Å². The number of phosphoric ester groups is 2. The molecule has 17 nitrogen and oxygen atoms in total. The molecule has 0 fully saturated rings. The second kappa shape index (κ2) is 73.6. The van der Waals surface area contributed by atoms with Crippen LogP contribution in [0.15, 0.2) is 0 Å². The van der Waals surface area contributed by atoms with Crippen LogP contribution in [-0.2, 0) is 65.4 Å². The lowest BCUT2D eigenvalue weighted by molar-refractivity contribution is -0.161. The number of esters is 4. The van der Waals surface area contributed by atoms with Crippen molar-refractivity contribution in [1.82, 2.24) is 0 Å². The molecule has 19 heteroatoms. The van der Waals surface area contributed by atoms with E-state index in [4.69, 9.17) is 37.0 Å². The van der Waals surface area contributed by atoms with E-state index in [2.05, 4.69) is 41.5 Å². The monoisotopic (exact) mass is 1480 g/mol. The van der Waals surface area contributed by atoms with Gasteiger partial charge in [-0.2, -0.15) is 0 Å². The van der Waals surface area contributed by atoms with E-state index in [9.17, 15) is 43.2 Å². The molecule has 0 aromatic rings. The van der Waals surface area contributed by atoms with Gasteiger partial charge in [-0.15, -0.1) is 0 Å². The van der Waals surface area contributed by atoms with Crippen molar-refractivity contribution in [3.8, 4) is 0 Å². The Morgan fingerprint density at radius 1 is 0.277 bits per heavy atom. The Morgan fingerprint density at radius 2 is 0.475 bits per heavy atom. The average molecular weight is 1480 g/mol. The van der Waals surface area contributed by atoms with Crippen molar-refractivity contribution >= 4 is 39.5 Å². The van der Waals surface area contributed by atoms with Crippen molar-refractivity contribution < 1.29 is 80.2 Å². The van der Waals surface area contributed by atoms with Crippen LogP contribution in [0.5, 0.6) is 0 Å². The Hall–Kier alpha value is -1.94. The molecule has 0 aliphatic rings. The molecule has 0 bridgehead atoms. The van der Waals surface area contributed by atoms with E-state index in [1.807, 2.05) is 0 Å². The maximum atomic E-state index is 13.1. The predicted octanol–water partition coefficient (Wildman–Crippen LogP) is 24.7. The molecule has 7 atom stereocenters. The third-order valence-corrected chi connectivity index (χ3v) is 21.8. The number of rotatable bonds is 81. The number of carbonyl (C=O) groups is 4. The van der Waals surface area contributed by atoms with Gasteiger partial charge in [0.25, 0.3) is 0 Å². The first-order valence-corrected chi connectivity index (χ1v) is 45.6. The van der Waals surface area contributed by atoms with Gasteiger partial charge in [-0.05, 0) is 37.5 Å². The van der Waals surface area contributed by atoms with Crippen molar-refractivity contribution in [2.24, 2.45) is 11.8 Å². The smallest absolute Gasteiger partial charge is 0.462 e. The van der Waals surface area contributed by atoms with Gasteiger partial charge in [0.1, 0.15) is 19.3 Å². The zero-order chi connectivity index (χ0) is 74.2. The maximum absolute atomic E-state index is 13.1. The van der Waals surface area contributed by atoms with E-state index < -0.39 is 97.5 Å². The highest BCUT2D eigenvalue weighted by Crippen LogP contribution is 2.45. The number of phosphoric acid groups is 2. The number of carbonyl (C=O) groups excluding carboxylic acids is 4. The van der Waals surface area contributed by atoms with Crippen LogP contribution in [0, 0.1) is 11.8 Å². The maximum Gasteiger partial charge on any atom is 0.472 e. The summed E-state index contributed by atoms with van der Waals surface area (Å²) in [7, 11) is -9.92. The van der Waals surface area contributed by atoms with Crippen LogP contribution in [0.3, 0.4) is 0 Å². The van der Waals surface area contributed by atoms with Crippen LogP contribution in [0.25, 0.3) is 0 Å². The molecule has 0 rings (SSSR count). The highest BCUT2D eigenvalue weighted by Gasteiger charge is 2.30. The third kappa shape index (κ3) is 73.4. The third-order valence-electron chi connectivity index (χ3n) is 19.9. The van der Waals surface area contributed by atoms with Gasteiger partial charge < -0.3 is 33.8 Å². The number of unbranched alkanes of at least 4 members (excludes halogenated alkanes) is 49. The molecule has 0 aromatic heterocycles. The molecule has 0 aromatic carbocycles. The largest absolute Gasteiger partial charge is 0.472 e. The fraction of sp³-hybridized carbons (Fsp3) is 0.951. The van der Waals surface area contributed by atoms with Gasteiger partial charge in [0, 0.05) is 25.7 Å². The molecule has 0 spiro atoms. The van der Waals surface area contributed by atoms with Crippen molar-refractivity contribution in [2.75, 3.05) is 39.6 Å². The topological polar surface area (TPSA) is 237 Å². The van der Waals surface area contributed by atoms with Crippen LogP contribution < -0.4 is 0 Å². The molecule has 0 radical (unpaired) electrons. The van der Waals surface area contributed by atoms with Crippen molar-refractivity contribution in [3.05, 3.63) is 0 Å². The summed E-state index contributed by atoms with van der Waals surface area (Å²) in [6.07, 6.45) is 63.8. The SMILES string of the molecule is CCCCCCCCCCCCCCCCCCCCCCC(=O)O[C@H](COC(=O)CCCCCCCCCCCCCCCCCCC)COP(=O)(O)OC[C@@H](O)COP(=O)(O)OC[C@@H](COC(=O)CCCCCCCCCCC(C)CC)OC(=O)CCCCCCCCCCC(C)CC. The molecule has 101 heavy (non-hydrogen) atoms. The second-order valence-corrected chi connectivity index (χ2v) is 32.9. The summed E-state index contributed by atoms with van der Waals surface area (Å²) in [5, 5.41) is 10.6. The van der Waals surface area contributed by atoms with Crippen molar-refractivity contribution in [1.29, 1.82) is 0 Å². The molecule has 0 saturated heterocycles. The molecule has 0 heterocycles. The second-order valence-electron chi connectivity index (χ2n) is 30.0. The summed E-state index contributed by atoms with van der Waals surface area (Å²) in [6.45, 7) is 9.64. The lowest BCUT2D eigenvalue weighted by Crippen LogP contribution is -2.30. The summed E-state index contributed by atoms with van der Waals surface area (Å²) >= 11 is 0. The summed E-state index contributed by atoms with van der Waals surface area (Å²) in [5.41, 5.74) is 0. The van der Waals surface area contributed by atoms with Crippen molar-refractivity contribution in [3.63, 3.8) is 0 Å². The summed E-state index contributed by atoms with van der Waals surface area (Å²) in [4.78, 5) is 73.1. The molecule has 3 N–H and O–H groups in total. The highest BCUT2D eigenvalue weighted by atomic mass is 31.2.